The number of rotatable bonds is 7. The van der Waals surface area contributed by atoms with E-state index >= 15 is 0 Å². The van der Waals surface area contributed by atoms with Crippen LogP contribution in [0.1, 0.15) is 10.4 Å². The van der Waals surface area contributed by atoms with Gasteiger partial charge >= 0.3 is 5.97 Å². The van der Waals surface area contributed by atoms with E-state index in [-0.39, 0.29) is 18.8 Å². The Morgan fingerprint density at radius 2 is 2.06 bits per heavy atom. The second kappa shape index (κ2) is 7.46. The second-order valence-electron chi connectivity index (χ2n) is 3.13. The third-order valence-electron chi connectivity index (χ3n) is 1.90. The number of carboxylic acid groups (broad SMARTS) is 1. The van der Waals surface area contributed by atoms with Crippen LogP contribution in [0.25, 0.3) is 0 Å². The topological polar surface area (TPSA) is 76.0 Å². The van der Waals surface area contributed by atoms with Crippen molar-refractivity contribution >= 4 is 28.6 Å². The van der Waals surface area contributed by atoms with E-state index in [2.05, 4.69) is 22.6 Å². The monoisotopic (exact) mass is 352 g/mol. The van der Waals surface area contributed by atoms with E-state index in [1.807, 2.05) is 0 Å². The highest BCUT2D eigenvalue weighted by Crippen LogP contribution is 2.22. The summed E-state index contributed by atoms with van der Waals surface area (Å²) in [7, 11) is 0. The Morgan fingerprint density at radius 1 is 1.29 bits per heavy atom. The number of aromatic carboxylic acids is 1. The van der Waals surface area contributed by atoms with Crippen LogP contribution in [0.5, 0.6) is 5.75 Å². The Morgan fingerprint density at radius 3 is 2.71 bits per heavy atom. The van der Waals surface area contributed by atoms with Gasteiger partial charge in [-0.15, -0.1) is 0 Å². The minimum Gasteiger partial charge on any atom is -0.490 e. The summed E-state index contributed by atoms with van der Waals surface area (Å²) in [4.78, 5) is 10.8. The Bertz CT molecular complexity index is 380. The molecule has 0 unspecified atom stereocenters. The van der Waals surface area contributed by atoms with Crippen LogP contribution in [-0.4, -0.2) is 42.6 Å². The van der Waals surface area contributed by atoms with Gasteiger partial charge in [0, 0.05) is 0 Å². The molecule has 2 N–H and O–H groups in total. The zero-order chi connectivity index (χ0) is 12.7. The van der Waals surface area contributed by atoms with Gasteiger partial charge in [-0.3, -0.25) is 0 Å². The lowest BCUT2D eigenvalue weighted by Gasteiger charge is -2.09. The maximum Gasteiger partial charge on any atom is 0.335 e. The molecule has 1 rings (SSSR count). The molecule has 5 nitrogen and oxygen atoms in total. The molecule has 94 valence electrons. The lowest BCUT2D eigenvalue weighted by molar-refractivity contribution is 0.0686. The van der Waals surface area contributed by atoms with E-state index in [9.17, 15) is 4.79 Å². The minimum atomic E-state index is -0.984. The maximum absolute atomic E-state index is 10.8. The number of hydrogen-bond donors (Lipinski definition) is 2. The van der Waals surface area contributed by atoms with E-state index in [1.165, 1.54) is 12.1 Å². The lowest BCUT2D eigenvalue weighted by Crippen LogP contribution is -2.10. The van der Waals surface area contributed by atoms with Crippen LogP contribution in [-0.2, 0) is 4.74 Å². The molecule has 1 aromatic rings. The first-order chi connectivity index (χ1) is 8.15. The zero-order valence-electron chi connectivity index (χ0n) is 9.06. The average molecular weight is 352 g/mol. The molecule has 0 amide bonds. The van der Waals surface area contributed by atoms with Gasteiger partial charge in [-0.1, -0.05) is 0 Å². The Labute approximate surface area is 112 Å². The summed E-state index contributed by atoms with van der Waals surface area (Å²) in [6, 6.07) is 4.70. The number of ether oxygens (including phenoxy) is 2. The third-order valence-corrected chi connectivity index (χ3v) is 2.79. The first-order valence-electron chi connectivity index (χ1n) is 4.99. The second-order valence-corrected chi connectivity index (χ2v) is 4.30. The van der Waals surface area contributed by atoms with Gasteiger partial charge in [-0.2, -0.15) is 0 Å². The summed E-state index contributed by atoms with van der Waals surface area (Å²) in [6.07, 6.45) is 0. The molecule has 0 saturated carbocycles. The molecule has 0 fully saturated rings. The average Bonchev–Trinajstić information content (AvgIpc) is 2.30. The predicted octanol–water partition coefficient (Wildman–Crippen LogP) is 1.38. The summed E-state index contributed by atoms with van der Waals surface area (Å²) in [5.41, 5.74) is 0.191. The van der Waals surface area contributed by atoms with Crippen LogP contribution in [0.3, 0.4) is 0 Å². The highest BCUT2D eigenvalue weighted by atomic mass is 127. The molecule has 6 heteroatoms. The summed E-state index contributed by atoms with van der Waals surface area (Å²) < 4.78 is 11.3. The first-order valence-corrected chi connectivity index (χ1v) is 6.07. The number of halogens is 1. The number of aliphatic hydroxyl groups excluding tert-OH is 1. The Balaban J connectivity index is 2.51. The van der Waals surface area contributed by atoms with Crippen molar-refractivity contribution in [3.63, 3.8) is 0 Å². The van der Waals surface area contributed by atoms with Crippen molar-refractivity contribution in [2.24, 2.45) is 0 Å². The van der Waals surface area contributed by atoms with Crippen molar-refractivity contribution < 1.29 is 24.5 Å². The van der Waals surface area contributed by atoms with Crippen LogP contribution in [0, 0.1) is 3.57 Å². The fraction of sp³-hybridized carbons (Fsp3) is 0.364. The quantitative estimate of drug-likeness (QED) is 0.573. The highest BCUT2D eigenvalue weighted by Gasteiger charge is 2.07. The van der Waals surface area contributed by atoms with Gasteiger partial charge in [0.25, 0.3) is 0 Å². The Hall–Kier alpha value is -0.860. The van der Waals surface area contributed by atoms with Crippen molar-refractivity contribution in [2.75, 3.05) is 26.4 Å². The van der Waals surface area contributed by atoms with Crippen LogP contribution >= 0.6 is 22.6 Å². The van der Waals surface area contributed by atoms with E-state index in [0.717, 1.165) is 3.57 Å². The molecular weight excluding hydrogens is 339 g/mol. The lowest BCUT2D eigenvalue weighted by atomic mass is 10.2. The fourth-order valence-corrected chi connectivity index (χ4v) is 1.62. The fourth-order valence-electron chi connectivity index (χ4n) is 1.12. The molecule has 0 saturated heterocycles. The molecule has 0 spiro atoms. The zero-order valence-corrected chi connectivity index (χ0v) is 11.2. The molecule has 0 heterocycles. The number of carboxylic acids is 1. The largest absolute Gasteiger partial charge is 0.490 e. The van der Waals surface area contributed by atoms with Gasteiger partial charge in [0.1, 0.15) is 12.4 Å². The van der Waals surface area contributed by atoms with E-state index in [1.54, 1.807) is 6.07 Å². The molecule has 0 aliphatic carbocycles. The standard InChI is InChI=1S/C11H13IO5/c12-9-2-1-8(11(14)15)7-10(9)17-6-5-16-4-3-13/h1-2,7,13H,3-6H2,(H,14,15). The summed E-state index contributed by atoms with van der Waals surface area (Å²) in [5, 5.41) is 17.3. The van der Waals surface area contributed by atoms with Crippen molar-refractivity contribution in [1.29, 1.82) is 0 Å². The van der Waals surface area contributed by atoms with Crippen LogP contribution < -0.4 is 4.74 Å². The third kappa shape index (κ3) is 4.88. The molecule has 1 aromatic carbocycles. The van der Waals surface area contributed by atoms with Crippen molar-refractivity contribution in [3.8, 4) is 5.75 Å². The number of benzene rings is 1. The minimum absolute atomic E-state index is 0.0218. The number of hydrogen-bond acceptors (Lipinski definition) is 4. The smallest absolute Gasteiger partial charge is 0.335 e. The number of aliphatic hydroxyl groups is 1. The number of carbonyl (C=O) groups is 1. The first kappa shape index (κ1) is 14.2. The van der Waals surface area contributed by atoms with Gasteiger partial charge in [0.2, 0.25) is 0 Å². The van der Waals surface area contributed by atoms with Gasteiger partial charge in [0.05, 0.1) is 29.0 Å². The Kier molecular flexibility index (Phi) is 6.23. The summed E-state index contributed by atoms with van der Waals surface area (Å²) >= 11 is 2.07. The molecule has 0 radical (unpaired) electrons. The van der Waals surface area contributed by atoms with Gasteiger partial charge in [-0.25, -0.2) is 4.79 Å². The van der Waals surface area contributed by atoms with E-state index < -0.39 is 5.97 Å². The van der Waals surface area contributed by atoms with Gasteiger partial charge in [0.15, 0.2) is 0 Å². The predicted molar refractivity (Wildman–Crippen MR) is 69.5 cm³/mol. The van der Waals surface area contributed by atoms with Crippen molar-refractivity contribution in [2.45, 2.75) is 0 Å². The SMILES string of the molecule is O=C(O)c1ccc(I)c(OCCOCCO)c1. The van der Waals surface area contributed by atoms with Crippen molar-refractivity contribution in [1.82, 2.24) is 0 Å². The molecule has 0 bridgehead atoms. The molecular formula is C11H13IO5. The highest BCUT2D eigenvalue weighted by molar-refractivity contribution is 14.1. The molecule has 17 heavy (non-hydrogen) atoms. The van der Waals surface area contributed by atoms with Crippen LogP contribution in [0.4, 0.5) is 0 Å². The summed E-state index contributed by atoms with van der Waals surface area (Å²) in [5.74, 6) is -0.458. The molecule has 0 atom stereocenters. The molecule has 0 aliphatic rings. The van der Waals surface area contributed by atoms with Gasteiger partial charge < -0.3 is 19.7 Å². The maximum atomic E-state index is 10.8. The van der Waals surface area contributed by atoms with E-state index in [4.69, 9.17) is 19.7 Å². The van der Waals surface area contributed by atoms with Crippen LogP contribution in [0.2, 0.25) is 0 Å². The van der Waals surface area contributed by atoms with Crippen LogP contribution in [0.15, 0.2) is 18.2 Å². The van der Waals surface area contributed by atoms with Gasteiger partial charge in [-0.05, 0) is 40.8 Å². The molecule has 0 aliphatic heterocycles. The summed E-state index contributed by atoms with van der Waals surface area (Å²) in [6.45, 7) is 0.925. The normalized spacial score (nSPS) is 10.2. The van der Waals surface area contributed by atoms with E-state index in [0.29, 0.717) is 19.0 Å². The van der Waals surface area contributed by atoms with Crippen molar-refractivity contribution in [3.05, 3.63) is 27.3 Å². The molecule has 0 aromatic heterocycles.